The fourth-order valence-electron chi connectivity index (χ4n) is 2.61. The van der Waals surface area contributed by atoms with Gasteiger partial charge in [-0.2, -0.15) is 0 Å². The van der Waals surface area contributed by atoms with E-state index in [0.717, 1.165) is 13.0 Å². The molecule has 0 bridgehead atoms. The van der Waals surface area contributed by atoms with Gasteiger partial charge in [-0.1, -0.05) is 0 Å². The van der Waals surface area contributed by atoms with Crippen molar-refractivity contribution in [3.05, 3.63) is 0 Å². The van der Waals surface area contributed by atoms with Gasteiger partial charge in [-0.15, -0.1) is 0 Å². The number of hydrogen-bond donors (Lipinski definition) is 7. The zero-order valence-corrected chi connectivity index (χ0v) is 15.9. The Morgan fingerprint density at radius 1 is 1.25 bits per heavy atom. The van der Waals surface area contributed by atoms with E-state index < -0.39 is 29.9 Å². The van der Waals surface area contributed by atoms with E-state index in [0.29, 0.717) is 12.8 Å². The monoisotopic (exact) mass is 399 g/mol. The minimum absolute atomic E-state index is 0.0944. The Hall–Kier alpha value is -2.89. The molecule has 3 atom stereocenters. The second-order valence-corrected chi connectivity index (χ2v) is 6.50. The summed E-state index contributed by atoms with van der Waals surface area (Å²) in [5, 5.41) is 19.5. The Balaban J connectivity index is 2.37. The lowest BCUT2D eigenvalue weighted by Gasteiger charge is -2.19. The number of carboxylic acid groups (broad SMARTS) is 1. The number of nitrogens with two attached hydrogens (primary N) is 2. The molecule has 12 nitrogen and oxygen atoms in total. The van der Waals surface area contributed by atoms with Crippen molar-refractivity contribution in [1.82, 2.24) is 21.3 Å². The van der Waals surface area contributed by atoms with Gasteiger partial charge in [0.05, 0.1) is 12.6 Å². The maximum Gasteiger partial charge on any atom is 0.326 e. The van der Waals surface area contributed by atoms with E-state index in [2.05, 4.69) is 26.3 Å². The van der Waals surface area contributed by atoms with E-state index in [1.165, 1.54) is 6.92 Å². The van der Waals surface area contributed by atoms with Crippen LogP contribution in [-0.4, -0.2) is 72.5 Å². The summed E-state index contributed by atoms with van der Waals surface area (Å²) >= 11 is 0. The summed E-state index contributed by atoms with van der Waals surface area (Å²) in [6.07, 6.45) is 2.10. The van der Waals surface area contributed by atoms with Crippen LogP contribution in [-0.2, 0) is 19.2 Å². The Morgan fingerprint density at radius 3 is 2.54 bits per heavy atom. The number of hydrogen-bond acceptors (Lipinski definition) is 6. The zero-order chi connectivity index (χ0) is 21.1. The quantitative estimate of drug-likeness (QED) is 0.108. The predicted octanol–water partition coefficient (Wildman–Crippen LogP) is -3.02. The molecule has 0 aromatic rings. The smallest absolute Gasteiger partial charge is 0.326 e. The fourth-order valence-corrected chi connectivity index (χ4v) is 2.61. The van der Waals surface area contributed by atoms with Crippen LogP contribution in [0, 0.1) is 0 Å². The average molecular weight is 399 g/mol. The van der Waals surface area contributed by atoms with Gasteiger partial charge < -0.3 is 37.8 Å². The summed E-state index contributed by atoms with van der Waals surface area (Å²) in [6, 6.07) is -2.40. The third-order valence-electron chi connectivity index (χ3n) is 4.13. The molecule has 0 radical (unpaired) electrons. The normalized spacial score (nSPS) is 17.8. The van der Waals surface area contributed by atoms with Crippen molar-refractivity contribution in [1.29, 1.82) is 0 Å². The number of carbonyl (C=O) groups excluding carboxylic acids is 3. The third-order valence-corrected chi connectivity index (χ3v) is 4.13. The molecular formula is C16H29N7O5. The summed E-state index contributed by atoms with van der Waals surface area (Å²) in [5.74, 6) is -2.76. The highest BCUT2D eigenvalue weighted by molar-refractivity contribution is 5.92. The first-order valence-electron chi connectivity index (χ1n) is 9.09. The van der Waals surface area contributed by atoms with E-state index in [9.17, 15) is 24.3 Å². The Bertz CT molecular complexity index is 600. The van der Waals surface area contributed by atoms with E-state index in [1.54, 1.807) is 0 Å². The number of guanidine groups is 1. The van der Waals surface area contributed by atoms with Crippen LogP contribution in [0.5, 0.6) is 0 Å². The molecular weight excluding hydrogens is 370 g/mol. The summed E-state index contributed by atoms with van der Waals surface area (Å²) in [6.45, 7) is 2.16. The average Bonchev–Trinajstić information content (AvgIpc) is 3.16. The van der Waals surface area contributed by atoms with Crippen LogP contribution < -0.4 is 32.7 Å². The SMILES string of the molecule is C[C@H](NC(=O)CNC(=O)[C@@H]1CCCN1)C(=O)N[C@@H](CCCN=C(N)N)C(=O)O. The Kier molecular flexibility index (Phi) is 9.71. The standard InChI is InChI=1S/C16H29N7O5/c1-9(22-12(24)8-21-14(26)10-4-2-6-19-10)13(25)23-11(15(27)28)5-3-7-20-16(17)18/h9-11,19H,2-8H2,1H3,(H,21,26)(H,22,24)(H,23,25)(H,27,28)(H4,17,18,20)/t9-,10-,11-/m0/s1. The highest BCUT2D eigenvalue weighted by Gasteiger charge is 2.25. The van der Waals surface area contributed by atoms with Crippen molar-refractivity contribution in [2.24, 2.45) is 16.5 Å². The van der Waals surface area contributed by atoms with Crippen molar-refractivity contribution >= 4 is 29.7 Å². The minimum atomic E-state index is -1.20. The van der Waals surface area contributed by atoms with Crippen molar-refractivity contribution in [2.45, 2.75) is 50.7 Å². The first-order valence-corrected chi connectivity index (χ1v) is 9.09. The van der Waals surface area contributed by atoms with Gasteiger partial charge in [-0.25, -0.2) is 4.79 Å². The maximum atomic E-state index is 12.1. The molecule has 1 fully saturated rings. The molecule has 1 rings (SSSR count). The second kappa shape index (κ2) is 11.7. The lowest BCUT2D eigenvalue weighted by atomic mass is 10.1. The van der Waals surface area contributed by atoms with Gasteiger partial charge >= 0.3 is 5.97 Å². The molecule has 1 aliphatic rings. The number of nitrogens with zero attached hydrogens (tertiary/aromatic N) is 1. The van der Waals surface area contributed by atoms with Crippen LogP contribution >= 0.6 is 0 Å². The van der Waals surface area contributed by atoms with Gasteiger partial charge in [-0.05, 0) is 39.2 Å². The van der Waals surface area contributed by atoms with Gasteiger partial charge in [0, 0.05) is 6.54 Å². The first-order chi connectivity index (χ1) is 13.2. The predicted molar refractivity (Wildman–Crippen MR) is 101 cm³/mol. The van der Waals surface area contributed by atoms with Gasteiger partial charge in [-0.3, -0.25) is 19.4 Å². The highest BCUT2D eigenvalue weighted by Crippen LogP contribution is 2.04. The Morgan fingerprint density at radius 2 is 1.96 bits per heavy atom. The molecule has 158 valence electrons. The summed E-state index contributed by atoms with van der Waals surface area (Å²) in [7, 11) is 0. The van der Waals surface area contributed by atoms with E-state index in [1.807, 2.05) is 0 Å². The fraction of sp³-hybridized carbons (Fsp3) is 0.688. The molecule has 0 aromatic carbocycles. The minimum Gasteiger partial charge on any atom is -0.480 e. The molecule has 1 heterocycles. The number of carboxylic acids is 1. The van der Waals surface area contributed by atoms with Gasteiger partial charge in [0.1, 0.15) is 12.1 Å². The molecule has 12 heteroatoms. The third kappa shape index (κ3) is 8.66. The van der Waals surface area contributed by atoms with Gasteiger partial charge in [0.2, 0.25) is 17.7 Å². The van der Waals surface area contributed by atoms with E-state index in [4.69, 9.17) is 11.5 Å². The van der Waals surface area contributed by atoms with Crippen LogP contribution in [0.25, 0.3) is 0 Å². The molecule has 1 aliphatic heterocycles. The van der Waals surface area contributed by atoms with Gasteiger partial charge in [0.25, 0.3) is 0 Å². The number of aliphatic carboxylic acids is 1. The van der Waals surface area contributed by atoms with Gasteiger partial charge in [0.15, 0.2) is 5.96 Å². The number of carbonyl (C=O) groups is 4. The summed E-state index contributed by atoms with van der Waals surface area (Å²) in [5.41, 5.74) is 10.4. The van der Waals surface area contributed by atoms with Crippen LogP contribution in [0.3, 0.4) is 0 Å². The second-order valence-electron chi connectivity index (χ2n) is 6.50. The molecule has 3 amide bonds. The first kappa shape index (κ1) is 23.1. The number of amides is 3. The molecule has 0 aromatic heterocycles. The molecule has 0 unspecified atom stereocenters. The van der Waals surface area contributed by atoms with Crippen molar-refractivity contribution in [3.63, 3.8) is 0 Å². The van der Waals surface area contributed by atoms with Crippen LogP contribution in [0.2, 0.25) is 0 Å². The van der Waals surface area contributed by atoms with Crippen LogP contribution in [0.4, 0.5) is 0 Å². The molecule has 9 N–H and O–H groups in total. The van der Waals surface area contributed by atoms with E-state index in [-0.39, 0.29) is 37.4 Å². The van der Waals surface area contributed by atoms with Crippen molar-refractivity contribution < 1.29 is 24.3 Å². The largest absolute Gasteiger partial charge is 0.480 e. The number of nitrogens with one attached hydrogen (secondary N) is 4. The highest BCUT2D eigenvalue weighted by atomic mass is 16.4. The molecule has 1 saturated heterocycles. The number of aliphatic imine (C=N–C) groups is 1. The Labute approximate surface area is 162 Å². The lowest BCUT2D eigenvalue weighted by molar-refractivity contribution is -0.142. The topological polar surface area (TPSA) is 201 Å². The maximum absolute atomic E-state index is 12.1. The summed E-state index contributed by atoms with van der Waals surface area (Å²) in [4.78, 5) is 50.9. The molecule has 28 heavy (non-hydrogen) atoms. The molecule has 0 saturated carbocycles. The zero-order valence-electron chi connectivity index (χ0n) is 15.9. The molecule has 0 aliphatic carbocycles. The lowest BCUT2D eigenvalue weighted by Crippen LogP contribution is -2.52. The van der Waals surface area contributed by atoms with Crippen molar-refractivity contribution in [2.75, 3.05) is 19.6 Å². The van der Waals surface area contributed by atoms with Crippen LogP contribution in [0.15, 0.2) is 4.99 Å². The van der Waals surface area contributed by atoms with Crippen LogP contribution in [0.1, 0.15) is 32.6 Å². The van der Waals surface area contributed by atoms with Crippen molar-refractivity contribution in [3.8, 4) is 0 Å². The van der Waals surface area contributed by atoms with E-state index >= 15 is 0 Å². The molecule has 0 spiro atoms. The number of rotatable bonds is 11. The summed E-state index contributed by atoms with van der Waals surface area (Å²) < 4.78 is 0.